The highest BCUT2D eigenvalue weighted by atomic mass is 15.3. The Morgan fingerprint density at radius 3 is 2.89 bits per heavy atom. The van der Waals surface area contributed by atoms with Gasteiger partial charge >= 0.3 is 0 Å². The molecule has 1 aromatic carbocycles. The van der Waals surface area contributed by atoms with Gasteiger partial charge < -0.3 is 10.6 Å². The van der Waals surface area contributed by atoms with Crippen LogP contribution in [-0.4, -0.2) is 48.4 Å². The maximum atomic E-state index is 7.47. The van der Waals surface area contributed by atoms with E-state index in [1.54, 1.807) is 0 Å². The van der Waals surface area contributed by atoms with Crippen molar-refractivity contribution in [2.45, 2.75) is 19.5 Å². The van der Waals surface area contributed by atoms with E-state index in [9.17, 15) is 0 Å². The number of benzene rings is 1. The summed E-state index contributed by atoms with van der Waals surface area (Å²) in [6.07, 6.45) is 0. The van der Waals surface area contributed by atoms with Crippen molar-refractivity contribution in [3.05, 3.63) is 35.4 Å². The average Bonchev–Trinajstić information content (AvgIpc) is 2.34. The Kier molecular flexibility index (Phi) is 3.99. The van der Waals surface area contributed by atoms with Gasteiger partial charge in [-0.1, -0.05) is 18.2 Å². The van der Waals surface area contributed by atoms with Gasteiger partial charge in [-0.15, -0.1) is 0 Å². The van der Waals surface area contributed by atoms with Crippen molar-refractivity contribution in [2.75, 3.05) is 26.7 Å². The van der Waals surface area contributed by atoms with Gasteiger partial charge in [0.2, 0.25) is 0 Å². The number of nitrogens with zero attached hydrogens (tertiary/aromatic N) is 2. The first-order valence-electron chi connectivity index (χ1n) is 6.42. The first-order valence-corrected chi connectivity index (χ1v) is 6.42. The topological polar surface area (TPSA) is 56.4 Å². The SMILES string of the molecule is CC1CN(Cc2cccc(C(=N)N)c2)CCN1C. The lowest BCUT2D eigenvalue weighted by Crippen LogP contribution is -2.49. The summed E-state index contributed by atoms with van der Waals surface area (Å²) in [6.45, 7) is 6.52. The van der Waals surface area contributed by atoms with Crippen molar-refractivity contribution in [2.24, 2.45) is 5.73 Å². The predicted octanol–water partition coefficient (Wildman–Crippen LogP) is 1.11. The van der Waals surface area contributed by atoms with Gasteiger partial charge in [0, 0.05) is 37.8 Å². The molecular weight excluding hydrogens is 224 g/mol. The number of nitrogen functional groups attached to an aromatic ring is 1. The van der Waals surface area contributed by atoms with Crippen LogP contribution in [0.1, 0.15) is 18.1 Å². The van der Waals surface area contributed by atoms with Crippen LogP contribution >= 0.6 is 0 Å². The van der Waals surface area contributed by atoms with Crippen LogP contribution in [0, 0.1) is 5.41 Å². The Hall–Kier alpha value is -1.39. The summed E-state index contributed by atoms with van der Waals surface area (Å²) >= 11 is 0. The highest BCUT2D eigenvalue weighted by Gasteiger charge is 2.20. The Labute approximate surface area is 109 Å². The maximum absolute atomic E-state index is 7.47. The lowest BCUT2D eigenvalue weighted by Gasteiger charge is -2.37. The molecule has 0 aliphatic carbocycles. The minimum absolute atomic E-state index is 0.142. The summed E-state index contributed by atoms with van der Waals surface area (Å²) in [5, 5.41) is 7.47. The quantitative estimate of drug-likeness (QED) is 0.620. The average molecular weight is 246 g/mol. The number of rotatable bonds is 3. The molecule has 1 saturated heterocycles. The van der Waals surface area contributed by atoms with Crippen LogP contribution in [0.15, 0.2) is 24.3 Å². The molecule has 0 spiro atoms. The van der Waals surface area contributed by atoms with Crippen LogP contribution in [0.3, 0.4) is 0 Å². The first kappa shape index (κ1) is 13.1. The van der Waals surface area contributed by atoms with Crippen molar-refractivity contribution in [3.8, 4) is 0 Å². The van der Waals surface area contributed by atoms with Gasteiger partial charge in [0.25, 0.3) is 0 Å². The molecule has 3 N–H and O–H groups in total. The summed E-state index contributed by atoms with van der Waals surface area (Å²) in [5.41, 5.74) is 7.57. The molecule has 0 amide bonds. The second kappa shape index (κ2) is 5.50. The number of nitrogens with one attached hydrogen (secondary N) is 1. The standard InChI is InChI=1S/C14H22N4/c1-11-9-18(7-6-17(11)2)10-12-4-3-5-13(8-12)14(15)16/h3-5,8,11H,6-7,9-10H2,1-2H3,(H3,15,16). The Morgan fingerprint density at radius 1 is 1.44 bits per heavy atom. The van der Waals surface area contributed by atoms with E-state index in [0.29, 0.717) is 6.04 Å². The van der Waals surface area contributed by atoms with Crippen molar-refractivity contribution in [3.63, 3.8) is 0 Å². The van der Waals surface area contributed by atoms with E-state index in [1.165, 1.54) is 5.56 Å². The van der Waals surface area contributed by atoms with E-state index in [2.05, 4.69) is 29.8 Å². The molecule has 0 bridgehead atoms. The van der Waals surface area contributed by atoms with E-state index < -0.39 is 0 Å². The third kappa shape index (κ3) is 3.09. The number of nitrogens with two attached hydrogens (primary N) is 1. The van der Waals surface area contributed by atoms with Crippen molar-refractivity contribution < 1.29 is 0 Å². The summed E-state index contributed by atoms with van der Waals surface area (Å²) in [7, 11) is 2.18. The molecule has 4 heteroatoms. The molecule has 1 unspecified atom stereocenters. The summed E-state index contributed by atoms with van der Waals surface area (Å²) in [6, 6.07) is 8.60. The number of hydrogen-bond donors (Lipinski definition) is 2. The van der Waals surface area contributed by atoms with Crippen molar-refractivity contribution in [1.29, 1.82) is 5.41 Å². The van der Waals surface area contributed by atoms with Gasteiger partial charge in [0.05, 0.1) is 0 Å². The Morgan fingerprint density at radius 2 is 2.22 bits per heavy atom. The number of piperazine rings is 1. The zero-order valence-electron chi connectivity index (χ0n) is 11.2. The number of hydrogen-bond acceptors (Lipinski definition) is 3. The molecule has 2 rings (SSSR count). The first-order chi connectivity index (χ1) is 8.56. The zero-order chi connectivity index (χ0) is 13.1. The highest BCUT2D eigenvalue weighted by Crippen LogP contribution is 2.12. The normalized spacial score (nSPS) is 22.0. The lowest BCUT2D eigenvalue weighted by atomic mass is 10.1. The van der Waals surface area contributed by atoms with Gasteiger partial charge in [0.1, 0.15) is 5.84 Å². The molecule has 4 nitrogen and oxygen atoms in total. The molecule has 1 aromatic rings. The van der Waals surface area contributed by atoms with Gasteiger partial charge in [-0.25, -0.2) is 0 Å². The summed E-state index contributed by atoms with van der Waals surface area (Å²) in [5.74, 6) is 0.142. The maximum Gasteiger partial charge on any atom is 0.122 e. The molecule has 0 radical (unpaired) electrons. The molecule has 1 atom stereocenters. The van der Waals surface area contributed by atoms with Crippen LogP contribution in [0.5, 0.6) is 0 Å². The molecule has 1 heterocycles. The minimum atomic E-state index is 0.142. The second-order valence-electron chi connectivity index (χ2n) is 5.18. The van der Waals surface area contributed by atoms with E-state index in [-0.39, 0.29) is 5.84 Å². The largest absolute Gasteiger partial charge is 0.384 e. The Balaban J connectivity index is 2.01. The molecule has 1 aliphatic heterocycles. The molecule has 1 fully saturated rings. The van der Waals surface area contributed by atoms with Crippen LogP contribution in [-0.2, 0) is 6.54 Å². The summed E-state index contributed by atoms with van der Waals surface area (Å²) < 4.78 is 0. The fourth-order valence-electron chi connectivity index (χ4n) is 2.36. The second-order valence-corrected chi connectivity index (χ2v) is 5.18. The molecule has 0 saturated carbocycles. The molecule has 1 aliphatic rings. The van der Waals surface area contributed by atoms with Crippen molar-refractivity contribution >= 4 is 5.84 Å². The van der Waals surface area contributed by atoms with E-state index in [0.717, 1.165) is 31.7 Å². The van der Waals surface area contributed by atoms with Crippen LogP contribution < -0.4 is 5.73 Å². The minimum Gasteiger partial charge on any atom is -0.384 e. The van der Waals surface area contributed by atoms with Crippen LogP contribution in [0.25, 0.3) is 0 Å². The molecule has 18 heavy (non-hydrogen) atoms. The summed E-state index contributed by atoms with van der Waals surface area (Å²) in [4.78, 5) is 4.85. The number of likely N-dealkylation sites (N-methyl/N-ethyl adjacent to an activating group) is 1. The lowest BCUT2D eigenvalue weighted by molar-refractivity contribution is 0.1000. The molecular formula is C14H22N4. The van der Waals surface area contributed by atoms with E-state index in [4.69, 9.17) is 11.1 Å². The third-order valence-corrected chi connectivity index (χ3v) is 3.69. The van der Waals surface area contributed by atoms with Crippen LogP contribution in [0.4, 0.5) is 0 Å². The fourth-order valence-corrected chi connectivity index (χ4v) is 2.36. The molecule has 0 aromatic heterocycles. The predicted molar refractivity (Wildman–Crippen MR) is 74.8 cm³/mol. The van der Waals surface area contributed by atoms with E-state index >= 15 is 0 Å². The van der Waals surface area contributed by atoms with Gasteiger partial charge in [-0.2, -0.15) is 0 Å². The van der Waals surface area contributed by atoms with Gasteiger partial charge in [-0.05, 0) is 25.6 Å². The fraction of sp³-hybridized carbons (Fsp3) is 0.500. The third-order valence-electron chi connectivity index (χ3n) is 3.69. The smallest absolute Gasteiger partial charge is 0.122 e. The Bertz CT molecular complexity index is 430. The van der Waals surface area contributed by atoms with E-state index in [1.807, 2.05) is 18.2 Å². The number of amidine groups is 1. The van der Waals surface area contributed by atoms with Crippen molar-refractivity contribution in [1.82, 2.24) is 9.80 Å². The highest BCUT2D eigenvalue weighted by molar-refractivity contribution is 5.95. The van der Waals surface area contributed by atoms with Crippen LogP contribution in [0.2, 0.25) is 0 Å². The monoisotopic (exact) mass is 246 g/mol. The zero-order valence-corrected chi connectivity index (χ0v) is 11.2. The molecule has 98 valence electrons. The van der Waals surface area contributed by atoms with Gasteiger partial charge in [0.15, 0.2) is 0 Å². The van der Waals surface area contributed by atoms with Gasteiger partial charge in [-0.3, -0.25) is 10.3 Å².